The molecule has 0 spiro atoms. The minimum absolute atomic E-state index is 0.00591. The minimum atomic E-state index is -1.39. The van der Waals surface area contributed by atoms with Crippen molar-refractivity contribution < 1.29 is 19.4 Å². The van der Waals surface area contributed by atoms with Crippen molar-refractivity contribution in [3.63, 3.8) is 0 Å². The number of H-pyrrole nitrogens is 1. The zero-order valence-electron chi connectivity index (χ0n) is 19.6. The largest absolute Gasteiger partial charge is 0.497 e. The molecule has 9 heteroatoms. The highest BCUT2D eigenvalue weighted by Crippen LogP contribution is 2.36. The fourth-order valence-corrected chi connectivity index (χ4v) is 4.97. The van der Waals surface area contributed by atoms with Crippen LogP contribution in [0.5, 0.6) is 11.6 Å². The Morgan fingerprint density at radius 1 is 1.06 bits per heavy atom. The number of benzene rings is 3. The van der Waals surface area contributed by atoms with E-state index < -0.39 is 17.5 Å². The summed E-state index contributed by atoms with van der Waals surface area (Å²) in [5.41, 5.74) is 4.10. The van der Waals surface area contributed by atoms with Crippen molar-refractivity contribution in [2.45, 2.75) is 19.0 Å². The van der Waals surface area contributed by atoms with Crippen LogP contribution >= 0.6 is 0 Å². The predicted octanol–water partition coefficient (Wildman–Crippen LogP) is 3.94. The topological polar surface area (TPSA) is 121 Å². The van der Waals surface area contributed by atoms with Gasteiger partial charge in [0.2, 0.25) is 0 Å². The molecule has 5 aromatic rings. The van der Waals surface area contributed by atoms with Crippen molar-refractivity contribution in [3.05, 3.63) is 78.2 Å². The van der Waals surface area contributed by atoms with Gasteiger partial charge in [0.15, 0.2) is 11.4 Å². The molecule has 9 nitrogen and oxygen atoms in total. The van der Waals surface area contributed by atoms with Gasteiger partial charge in [0.25, 0.3) is 5.91 Å². The zero-order chi connectivity index (χ0) is 25.0. The fourth-order valence-electron chi connectivity index (χ4n) is 4.97. The number of carbonyl (C=O) groups is 2. The quantitative estimate of drug-likeness (QED) is 0.283. The third-order valence-electron chi connectivity index (χ3n) is 6.84. The highest BCUT2D eigenvalue weighted by molar-refractivity contribution is 6.07. The lowest BCUT2D eigenvalue weighted by molar-refractivity contribution is -0.124. The highest BCUT2D eigenvalue weighted by Gasteiger charge is 2.48. The van der Waals surface area contributed by atoms with E-state index in [9.17, 15) is 14.7 Å². The van der Waals surface area contributed by atoms with Gasteiger partial charge in [0, 0.05) is 17.0 Å². The van der Waals surface area contributed by atoms with Gasteiger partial charge in [0.05, 0.1) is 31.0 Å². The van der Waals surface area contributed by atoms with E-state index in [-0.39, 0.29) is 12.4 Å². The van der Waals surface area contributed by atoms with Gasteiger partial charge in [-0.3, -0.25) is 10.1 Å². The van der Waals surface area contributed by atoms with Crippen LogP contribution in [-0.4, -0.2) is 38.7 Å². The number of amides is 3. The number of urea groups is 1. The molecule has 36 heavy (non-hydrogen) atoms. The molecule has 0 bridgehead atoms. The highest BCUT2D eigenvalue weighted by atomic mass is 16.5. The van der Waals surface area contributed by atoms with Gasteiger partial charge in [-0.25, -0.2) is 9.78 Å². The number of hydrogen-bond donors (Lipinski definition) is 4. The summed E-state index contributed by atoms with van der Waals surface area (Å²) >= 11 is 0. The summed E-state index contributed by atoms with van der Waals surface area (Å²) in [4.78, 5) is 32.9. The normalized spacial score (nSPS) is 17.5. The van der Waals surface area contributed by atoms with Crippen LogP contribution < -0.4 is 15.4 Å². The number of imide groups is 1. The molecule has 0 aliphatic carbocycles. The zero-order valence-corrected chi connectivity index (χ0v) is 19.6. The molecular weight excluding hydrogens is 458 g/mol. The van der Waals surface area contributed by atoms with Crippen molar-refractivity contribution in [1.82, 2.24) is 25.2 Å². The summed E-state index contributed by atoms with van der Waals surface area (Å²) in [6.45, 7) is 2.02. The number of fused-ring (bicyclic) bond motifs is 2. The molecule has 180 valence electrons. The summed E-state index contributed by atoms with van der Waals surface area (Å²) in [5.74, 6) is 0.109. The van der Waals surface area contributed by atoms with Gasteiger partial charge < -0.3 is 24.7 Å². The Morgan fingerprint density at radius 2 is 1.86 bits per heavy atom. The standard InChI is InChI=1S/C27H23N5O4/c1-15-9-18(10-22-23(15)29-14-28-22)16-3-6-19(7-4-16)27(25(34)30-26(35)31-27)13-32-12-17-5-8-20(36-2)11-21(17)24(32)33/h3-12,14,33H,13H2,1-2H3,(H,28,29)(H2,30,31,34,35)/t27-/m1/s1. The number of aromatic amines is 1. The number of nitrogens with one attached hydrogen (secondary N) is 3. The van der Waals surface area contributed by atoms with E-state index in [1.165, 1.54) is 0 Å². The molecule has 1 atom stereocenters. The fraction of sp³-hybridized carbons (Fsp3) is 0.148. The van der Waals surface area contributed by atoms with Gasteiger partial charge >= 0.3 is 6.03 Å². The Morgan fingerprint density at radius 3 is 2.58 bits per heavy atom. The molecule has 1 aliphatic heterocycles. The van der Waals surface area contributed by atoms with Crippen LogP contribution in [-0.2, 0) is 16.9 Å². The van der Waals surface area contributed by atoms with Crippen LogP contribution in [0.4, 0.5) is 4.79 Å². The second-order valence-electron chi connectivity index (χ2n) is 9.02. The Hall–Kier alpha value is -4.79. The average Bonchev–Trinajstić information content (AvgIpc) is 3.56. The molecule has 0 unspecified atom stereocenters. The van der Waals surface area contributed by atoms with E-state index in [2.05, 4.69) is 26.7 Å². The van der Waals surface area contributed by atoms with Gasteiger partial charge in [-0.05, 0) is 59.5 Å². The molecule has 0 saturated carbocycles. The molecule has 3 aromatic carbocycles. The van der Waals surface area contributed by atoms with Crippen molar-refractivity contribution >= 4 is 33.7 Å². The molecule has 0 radical (unpaired) electrons. The number of imidazole rings is 1. The van der Waals surface area contributed by atoms with Gasteiger partial charge in [-0.15, -0.1) is 0 Å². The predicted molar refractivity (Wildman–Crippen MR) is 135 cm³/mol. The average molecular weight is 482 g/mol. The molecular formula is C27H23N5O4. The Balaban J connectivity index is 1.40. The second-order valence-corrected chi connectivity index (χ2v) is 9.02. The SMILES string of the molecule is COc1ccc2cn(C[C@]3(c4ccc(-c5cc(C)c6nc[nH]c6c5)cc4)NC(=O)NC3=O)c(O)c2c1. The first-order chi connectivity index (χ1) is 17.4. The van der Waals surface area contributed by atoms with Crippen LogP contribution in [0.15, 0.2) is 67.1 Å². The lowest BCUT2D eigenvalue weighted by atomic mass is 9.88. The number of nitrogens with zero attached hydrogens (tertiary/aromatic N) is 2. The third-order valence-corrected chi connectivity index (χ3v) is 6.84. The monoisotopic (exact) mass is 481 g/mol. The van der Waals surface area contributed by atoms with E-state index in [0.717, 1.165) is 33.1 Å². The molecule has 1 aliphatic rings. The van der Waals surface area contributed by atoms with E-state index in [1.807, 2.05) is 43.3 Å². The summed E-state index contributed by atoms with van der Waals surface area (Å²) in [7, 11) is 1.56. The number of aromatic hydroxyl groups is 1. The number of ether oxygens (including phenoxy) is 1. The second kappa shape index (κ2) is 7.88. The van der Waals surface area contributed by atoms with Crippen LogP contribution in [0.1, 0.15) is 11.1 Å². The lowest BCUT2D eigenvalue weighted by Gasteiger charge is -2.27. The first kappa shape index (κ1) is 21.7. The van der Waals surface area contributed by atoms with E-state index in [4.69, 9.17) is 4.74 Å². The maximum absolute atomic E-state index is 13.1. The lowest BCUT2D eigenvalue weighted by Crippen LogP contribution is -2.47. The summed E-state index contributed by atoms with van der Waals surface area (Å²) in [5, 5.41) is 17.5. The Bertz CT molecular complexity index is 1670. The molecule has 4 N–H and O–H groups in total. The number of hydrogen-bond acceptors (Lipinski definition) is 5. The first-order valence-electron chi connectivity index (χ1n) is 11.4. The number of carbonyl (C=O) groups excluding carboxylic acids is 2. The summed E-state index contributed by atoms with van der Waals surface area (Å²) < 4.78 is 6.84. The molecule has 3 heterocycles. The number of aromatic nitrogens is 3. The Labute approximate surface area is 205 Å². The smallest absolute Gasteiger partial charge is 0.322 e. The number of rotatable bonds is 5. The van der Waals surface area contributed by atoms with E-state index in [1.54, 1.807) is 36.3 Å². The first-order valence-corrected chi connectivity index (χ1v) is 11.4. The number of aryl methyl sites for hydroxylation is 1. The van der Waals surface area contributed by atoms with Crippen LogP contribution in [0, 0.1) is 6.92 Å². The van der Waals surface area contributed by atoms with Crippen LogP contribution in [0.2, 0.25) is 0 Å². The maximum Gasteiger partial charge on any atom is 0.322 e. The van der Waals surface area contributed by atoms with Crippen LogP contribution in [0.25, 0.3) is 32.9 Å². The Kier molecular flexibility index (Phi) is 4.75. The van der Waals surface area contributed by atoms with Crippen molar-refractivity contribution in [2.75, 3.05) is 7.11 Å². The van der Waals surface area contributed by atoms with Gasteiger partial charge in [-0.1, -0.05) is 24.3 Å². The van der Waals surface area contributed by atoms with E-state index >= 15 is 0 Å². The molecule has 1 fully saturated rings. The van der Waals surface area contributed by atoms with Crippen molar-refractivity contribution in [3.8, 4) is 22.8 Å². The van der Waals surface area contributed by atoms with Crippen molar-refractivity contribution in [2.24, 2.45) is 0 Å². The molecule has 6 rings (SSSR count). The van der Waals surface area contributed by atoms with Gasteiger partial charge in [-0.2, -0.15) is 0 Å². The van der Waals surface area contributed by atoms with Crippen molar-refractivity contribution in [1.29, 1.82) is 0 Å². The third kappa shape index (κ3) is 3.28. The minimum Gasteiger partial charge on any atom is -0.497 e. The van der Waals surface area contributed by atoms with E-state index in [0.29, 0.717) is 16.7 Å². The molecule has 2 aromatic heterocycles. The summed E-state index contributed by atoms with van der Waals surface area (Å²) in [6, 6.07) is 16.4. The molecule has 1 saturated heterocycles. The summed E-state index contributed by atoms with van der Waals surface area (Å²) in [6.07, 6.45) is 3.42. The van der Waals surface area contributed by atoms with Gasteiger partial charge in [0.1, 0.15) is 5.75 Å². The van der Waals surface area contributed by atoms with Crippen LogP contribution in [0.3, 0.4) is 0 Å². The maximum atomic E-state index is 13.1. The molecule has 3 amide bonds. The number of methoxy groups -OCH3 is 1.